The monoisotopic (exact) mass is 189 g/mol. The molecule has 0 unspecified atom stereocenters. The van der Waals surface area contributed by atoms with Crippen molar-refractivity contribution in [2.24, 2.45) is 0 Å². The number of nitrogens with one attached hydrogen (secondary N) is 1. The summed E-state index contributed by atoms with van der Waals surface area (Å²) >= 11 is 0. The van der Waals surface area contributed by atoms with E-state index in [0.29, 0.717) is 0 Å². The van der Waals surface area contributed by atoms with Gasteiger partial charge in [-0.3, -0.25) is 0 Å². The van der Waals surface area contributed by atoms with Gasteiger partial charge in [-0.15, -0.1) is 0 Å². The van der Waals surface area contributed by atoms with Crippen molar-refractivity contribution in [1.82, 2.24) is 5.32 Å². The SMILES string of the molecule is C=C(NCC)c1cccc(C)c1CC. The number of hydrogen-bond donors (Lipinski definition) is 1. The maximum absolute atomic E-state index is 4.05. The van der Waals surface area contributed by atoms with E-state index < -0.39 is 0 Å². The van der Waals surface area contributed by atoms with Crippen molar-refractivity contribution in [3.05, 3.63) is 41.5 Å². The molecule has 0 aliphatic rings. The zero-order valence-corrected chi connectivity index (χ0v) is 9.35. The van der Waals surface area contributed by atoms with Gasteiger partial charge in [-0.05, 0) is 31.4 Å². The van der Waals surface area contributed by atoms with E-state index in [0.717, 1.165) is 18.7 Å². The van der Waals surface area contributed by atoms with Crippen LogP contribution in [-0.2, 0) is 6.42 Å². The van der Waals surface area contributed by atoms with Crippen LogP contribution < -0.4 is 5.32 Å². The van der Waals surface area contributed by atoms with Crippen LogP contribution in [0.5, 0.6) is 0 Å². The van der Waals surface area contributed by atoms with Gasteiger partial charge in [0.15, 0.2) is 0 Å². The zero-order chi connectivity index (χ0) is 10.6. The maximum atomic E-state index is 4.05. The van der Waals surface area contributed by atoms with Gasteiger partial charge in [0.25, 0.3) is 0 Å². The lowest BCUT2D eigenvalue weighted by molar-refractivity contribution is 0.935. The fourth-order valence-electron chi connectivity index (χ4n) is 1.76. The van der Waals surface area contributed by atoms with Gasteiger partial charge in [0, 0.05) is 17.8 Å². The Bertz CT molecular complexity index is 326. The molecule has 0 aliphatic heterocycles. The number of aryl methyl sites for hydroxylation is 1. The summed E-state index contributed by atoms with van der Waals surface area (Å²) in [5.74, 6) is 0. The molecule has 0 aliphatic carbocycles. The molecule has 0 fully saturated rings. The molecular formula is C13H19N. The summed E-state index contributed by atoms with van der Waals surface area (Å²) in [6.45, 7) is 11.4. The summed E-state index contributed by atoms with van der Waals surface area (Å²) < 4.78 is 0. The Morgan fingerprint density at radius 1 is 1.36 bits per heavy atom. The van der Waals surface area contributed by atoms with E-state index in [9.17, 15) is 0 Å². The van der Waals surface area contributed by atoms with Crippen LogP contribution in [0, 0.1) is 6.92 Å². The van der Waals surface area contributed by atoms with Crippen LogP contribution in [-0.4, -0.2) is 6.54 Å². The van der Waals surface area contributed by atoms with Crippen molar-refractivity contribution in [2.75, 3.05) is 6.54 Å². The highest BCUT2D eigenvalue weighted by molar-refractivity contribution is 5.65. The molecule has 0 radical (unpaired) electrons. The molecule has 1 aromatic rings. The summed E-state index contributed by atoms with van der Waals surface area (Å²) in [5.41, 5.74) is 5.05. The highest BCUT2D eigenvalue weighted by Gasteiger charge is 2.05. The van der Waals surface area contributed by atoms with E-state index in [2.05, 4.69) is 50.9 Å². The quantitative estimate of drug-likeness (QED) is 0.767. The first-order valence-corrected chi connectivity index (χ1v) is 5.22. The van der Waals surface area contributed by atoms with Crippen molar-refractivity contribution in [1.29, 1.82) is 0 Å². The summed E-state index contributed by atoms with van der Waals surface area (Å²) in [6.07, 6.45) is 1.06. The molecule has 0 saturated heterocycles. The summed E-state index contributed by atoms with van der Waals surface area (Å²) in [4.78, 5) is 0. The van der Waals surface area contributed by atoms with Crippen molar-refractivity contribution >= 4 is 5.70 Å². The van der Waals surface area contributed by atoms with E-state index >= 15 is 0 Å². The molecule has 0 aromatic heterocycles. The third-order valence-electron chi connectivity index (χ3n) is 2.48. The minimum absolute atomic E-state index is 0.927. The van der Waals surface area contributed by atoms with Crippen molar-refractivity contribution in [2.45, 2.75) is 27.2 Å². The average molecular weight is 189 g/mol. The predicted molar refractivity (Wildman–Crippen MR) is 63.3 cm³/mol. The van der Waals surface area contributed by atoms with E-state index in [-0.39, 0.29) is 0 Å². The second-order valence-corrected chi connectivity index (χ2v) is 3.46. The van der Waals surface area contributed by atoms with Crippen LogP contribution in [0.1, 0.15) is 30.5 Å². The normalized spacial score (nSPS) is 9.93. The van der Waals surface area contributed by atoms with Gasteiger partial charge in [-0.25, -0.2) is 0 Å². The number of hydrogen-bond acceptors (Lipinski definition) is 1. The second kappa shape index (κ2) is 4.85. The molecular weight excluding hydrogens is 170 g/mol. The molecule has 1 aromatic carbocycles. The maximum Gasteiger partial charge on any atom is 0.0343 e. The molecule has 0 amide bonds. The lowest BCUT2D eigenvalue weighted by Gasteiger charge is -2.13. The van der Waals surface area contributed by atoms with E-state index in [1.807, 2.05) is 0 Å². The van der Waals surface area contributed by atoms with Gasteiger partial charge in [0.05, 0.1) is 0 Å². The van der Waals surface area contributed by atoms with Crippen molar-refractivity contribution in [3.63, 3.8) is 0 Å². The van der Waals surface area contributed by atoms with Crippen LogP contribution >= 0.6 is 0 Å². The average Bonchev–Trinajstić information content (AvgIpc) is 2.17. The molecule has 1 nitrogen and oxygen atoms in total. The van der Waals surface area contributed by atoms with E-state index in [1.165, 1.54) is 16.7 Å². The van der Waals surface area contributed by atoms with Crippen LogP contribution in [0.4, 0.5) is 0 Å². The summed E-state index contributed by atoms with van der Waals surface area (Å²) in [7, 11) is 0. The molecule has 0 bridgehead atoms. The lowest BCUT2D eigenvalue weighted by Crippen LogP contribution is -2.11. The third kappa shape index (κ3) is 2.16. The lowest BCUT2D eigenvalue weighted by atomic mass is 9.98. The molecule has 1 rings (SSSR count). The fraction of sp³-hybridized carbons (Fsp3) is 0.385. The van der Waals surface area contributed by atoms with Crippen LogP contribution in [0.2, 0.25) is 0 Å². The zero-order valence-electron chi connectivity index (χ0n) is 9.35. The Labute approximate surface area is 86.8 Å². The smallest absolute Gasteiger partial charge is 0.0343 e. The summed E-state index contributed by atoms with van der Waals surface area (Å²) in [5, 5.41) is 3.27. The minimum atomic E-state index is 0.927. The molecule has 1 heteroatoms. The molecule has 0 spiro atoms. The highest BCUT2D eigenvalue weighted by Crippen LogP contribution is 2.19. The van der Waals surface area contributed by atoms with E-state index in [4.69, 9.17) is 0 Å². The first kappa shape index (κ1) is 10.8. The first-order chi connectivity index (χ1) is 6.70. The Balaban J connectivity index is 3.07. The fourth-order valence-corrected chi connectivity index (χ4v) is 1.76. The van der Waals surface area contributed by atoms with Crippen LogP contribution in [0.3, 0.4) is 0 Å². The molecule has 0 heterocycles. The number of rotatable bonds is 4. The van der Waals surface area contributed by atoms with Crippen molar-refractivity contribution in [3.8, 4) is 0 Å². The van der Waals surface area contributed by atoms with Gasteiger partial charge in [-0.1, -0.05) is 31.7 Å². The molecule has 76 valence electrons. The molecule has 0 saturated carbocycles. The standard InChI is InChI=1S/C13H19N/c1-5-12-10(3)8-7-9-13(12)11(4)14-6-2/h7-9,14H,4-6H2,1-3H3. The highest BCUT2D eigenvalue weighted by atomic mass is 14.9. The van der Waals surface area contributed by atoms with E-state index in [1.54, 1.807) is 0 Å². The topological polar surface area (TPSA) is 12.0 Å². The molecule has 14 heavy (non-hydrogen) atoms. The Hall–Kier alpha value is -1.24. The number of benzene rings is 1. The van der Waals surface area contributed by atoms with Gasteiger partial charge in [0.1, 0.15) is 0 Å². The predicted octanol–water partition coefficient (Wildman–Crippen LogP) is 3.14. The third-order valence-corrected chi connectivity index (χ3v) is 2.48. The summed E-state index contributed by atoms with van der Waals surface area (Å²) in [6, 6.07) is 6.38. The van der Waals surface area contributed by atoms with Crippen LogP contribution in [0.25, 0.3) is 5.70 Å². The van der Waals surface area contributed by atoms with Gasteiger partial charge < -0.3 is 5.32 Å². The van der Waals surface area contributed by atoms with Crippen LogP contribution in [0.15, 0.2) is 24.8 Å². The van der Waals surface area contributed by atoms with Crippen molar-refractivity contribution < 1.29 is 0 Å². The molecule has 0 atom stereocenters. The van der Waals surface area contributed by atoms with Gasteiger partial charge in [-0.2, -0.15) is 0 Å². The minimum Gasteiger partial charge on any atom is -0.385 e. The van der Waals surface area contributed by atoms with Gasteiger partial charge in [0.2, 0.25) is 0 Å². The Morgan fingerprint density at radius 2 is 2.07 bits per heavy atom. The molecule has 1 N–H and O–H groups in total. The first-order valence-electron chi connectivity index (χ1n) is 5.22. The largest absolute Gasteiger partial charge is 0.385 e. The Morgan fingerprint density at radius 3 is 2.64 bits per heavy atom. The second-order valence-electron chi connectivity index (χ2n) is 3.46. The Kier molecular flexibility index (Phi) is 3.75. The van der Waals surface area contributed by atoms with Gasteiger partial charge >= 0.3 is 0 Å².